The number of carbonyl (C=O) groups is 1. The van der Waals surface area contributed by atoms with Gasteiger partial charge in [-0.05, 0) is 61.2 Å². The summed E-state index contributed by atoms with van der Waals surface area (Å²) in [5, 5.41) is 13.7. The zero-order chi connectivity index (χ0) is 18.7. The van der Waals surface area contributed by atoms with E-state index in [1.807, 2.05) is 49.1 Å². The quantitative estimate of drug-likeness (QED) is 0.866. The van der Waals surface area contributed by atoms with Gasteiger partial charge in [-0.15, -0.1) is 0 Å². The van der Waals surface area contributed by atoms with Gasteiger partial charge in [0.05, 0.1) is 13.2 Å². The van der Waals surface area contributed by atoms with Crippen LogP contribution in [0.5, 0.6) is 11.5 Å². The molecule has 0 saturated heterocycles. The molecule has 2 aromatic rings. The van der Waals surface area contributed by atoms with Gasteiger partial charge in [0.1, 0.15) is 0 Å². The number of nitrogens with zero attached hydrogens (tertiary/aromatic N) is 1. The van der Waals surface area contributed by atoms with Gasteiger partial charge in [0.15, 0.2) is 11.5 Å². The number of carbonyl (C=O) groups excluding carboxylic acids is 1. The Hall–Kier alpha value is -2.53. The molecule has 1 atom stereocenters. The van der Waals surface area contributed by atoms with E-state index >= 15 is 0 Å². The van der Waals surface area contributed by atoms with Crippen molar-refractivity contribution >= 4 is 5.91 Å². The number of ether oxygens (including phenoxy) is 1. The molecule has 0 aromatic heterocycles. The molecule has 0 spiro atoms. The molecule has 2 N–H and O–H groups in total. The monoisotopic (exact) mass is 354 g/mol. The molecule has 1 unspecified atom stereocenters. The molecule has 1 amide bonds. The Labute approximate surface area is 154 Å². The summed E-state index contributed by atoms with van der Waals surface area (Å²) < 4.78 is 5.23. The van der Waals surface area contributed by atoms with Crippen molar-refractivity contribution in [1.29, 1.82) is 0 Å². The van der Waals surface area contributed by atoms with E-state index in [9.17, 15) is 9.90 Å². The van der Waals surface area contributed by atoms with Crippen molar-refractivity contribution in [2.45, 2.75) is 26.3 Å². The van der Waals surface area contributed by atoms with Gasteiger partial charge < -0.3 is 20.1 Å². The maximum atomic E-state index is 12.5. The lowest BCUT2D eigenvalue weighted by Crippen LogP contribution is -2.31. The van der Waals surface area contributed by atoms with Crippen molar-refractivity contribution in [3.63, 3.8) is 0 Å². The summed E-state index contributed by atoms with van der Waals surface area (Å²) in [5.41, 5.74) is 4.00. The third-order valence-electron chi connectivity index (χ3n) is 5.04. The van der Waals surface area contributed by atoms with E-state index in [4.69, 9.17) is 4.74 Å². The summed E-state index contributed by atoms with van der Waals surface area (Å²) in [7, 11) is 1.56. The number of methoxy groups -OCH3 is 1. The molecule has 5 heteroatoms. The zero-order valence-corrected chi connectivity index (χ0v) is 15.6. The Morgan fingerprint density at radius 1 is 1.23 bits per heavy atom. The maximum absolute atomic E-state index is 12.5. The number of nitrogens with one attached hydrogen (secondary N) is 1. The predicted octanol–water partition coefficient (Wildman–Crippen LogP) is 3.12. The fourth-order valence-electron chi connectivity index (χ4n) is 3.55. The molecule has 0 radical (unpaired) electrons. The summed E-state index contributed by atoms with van der Waals surface area (Å²) in [6, 6.07) is 11.4. The third-order valence-corrected chi connectivity index (χ3v) is 5.04. The Balaban J connectivity index is 1.89. The molecule has 1 aliphatic heterocycles. The van der Waals surface area contributed by atoms with Gasteiger partial charge in [-0.25, -0.2) is 0 Å². The lowest BCUT2D eigenvalue weighted by molar-refractivity contribution is 0.0773. The van der Waals surface area contributed by atoms with Crippen molar-refractivity contribution in [2.75, 3.05) is 26.7 Å². The lowest BCUT2D eigenvalue weighted by atomic mass is 9.89. The molecule has 0 saturated carbocycles. The van der Waals surface area contributed by atoms with Gasteiger partial charge in [-0.2, -0.15) is 0 Å². The summed E-state index contributed by atoms with van der Waals surface area (Å²) >= 11 is 0. The first-order valence-electron chi connectivity index (χ1n) is 9.11. The standard InChI is InChI=1S/C21H26N2O3/c1-4-23(5-2)21(25)15-8-6-14(7-9-15)20-17-13-18(24)19(26-3)12-16(17)10-11-22-20/h6-9,12-13,20,22,24H,4-5,10-11H2,1-3H3. The molecule has 1 heterocycles. The molecule has 2 aromatic carbocycles. The van der Waals surface area contributed by atoms with Crippen molar-refractivity contribution in [3.05, 3.63) is 58.7 Å². The molecule has 5 nitrogen and oxygen atoms in total. The molecule has 3 rings (SSSR count). The van der Waals surface area contributed by atoms with Crippen LogP contribution in [0.15, 0.2) is 36.4 Å². The highest BCUT2D eigenvalue weighted by molar-refractivity contribution is 5.94. The van der Waals surface area contributed by atoms with E-state index in [-0.39, 0.29) is 17.7 Å². The van der Waals surface area contributed by atoms with E-state index in [0.717, 1.165) is 24.1 Å². The largest absolute Gasteiger partial charge is 0.504 e. The van der Waals surface area contributed by atoms with Crippen LogP contribution in [0.4, 0.5) is 0 Å². The first kappa shape index (κ1) is 18.3. The maximum Gasteiger partial charge on any atom is 0.253 e. The molecule has 0 bridgehead atoms. The predicted molar refractivity (Wildman–Crippen MR) is 102 cm³/mol. The molecule has 26 heavy (non-hydrogen) atoms. The van der Waals surface area contributed by atoms with Crippen LogP contribution in [0, 0.1) is 0 Å². The van der Waals surface area contributed by atoms with E-state index in [2.05, 4.69) is 5.32 Å². The highest BCUT2D eigenvalue weighted by atomic mass is 16.5. The number of phenols is 1. The summed E-state index contributed by atoms with van der Waals surface area (Å²) in [5.74, 6) is 0.707. The average molecular weight is 354 g/mol. The van der Waals surface area contributed by atoms with Crippen LogP contribution in [0.25, 0.3) is 0 Å². The third kappa shape index (κ3) is 3.40. The van der Waals surface area contributed by atoms with Crippen LogP contribution < -0.4 is 10.1 Å². The zero-order valence-electron chi connectivity index (χ0n) is 15.6. The van der Waals surface area contributed by atoms with Crippen molar-refractivity contribution in [1.82, 2.24) is 10.2 Å². The van der Waals surface area contributed by atoms with Gasteiger partial charge in [0.2, 0.25) is 0 Å². The second-order valence-electron chi connectivity index (χ2n) is 6.46. The van der Waals surface area contributed by atoms with E-state index in [1.165, 1.54) is 5.56 Å². The summed E-state index contributed by atoms with van der Waals surface area (Å²) in [6.45, 7) is 6.23. The van der Waals surface area contributed by atoms with Crippen LogP contribution in [-0.2, 0) is 6.42 Å². The molecule has 1 aliphatic rings. The van der Waals surface area contributed by atoms with Crippen molar-refractivity contribution in [2.24, 2.45) is 0 Å². The number of rotatable bonds is 5. The van der Waals surface area contributed by atoms with Crippen molar-refractivity contribution in [3.8, 4) is 11.5 Å². The Kier molecular flexibility index (Phi) is 5.47. The van der Waals surface area contributed by atoms with Crippen LogP contribution in [0.1, 0.15) is 46.9 Å². The number of amides is 1. The molecular formula is C21H26N2O3. The van der Waals surface area contributed by atoms with Gasteiger partial charge in [0.25, 0.3) is 5.91 Å². The molecule has 138 valence electrons. The van der Waals surface area contributed by atoms with Gasteiger partial charge in [-0.3, -0.25) is 4.79 Å². The Bertz CT molecular complexity index is 783. The fraction of sp³-hybridized carbons (Fsp3) is 0.381. The minimum absolute atomic E-state index is 0.00633. The first-order valence-corrected chi connectivity index (χ1v) is 9.11. The Morgan fingerprint density at radius 2 is 1.92 bits per heavy atom. The fourth-order valence-corrected chi connectivity index (χ4v) is 3.55. The highest BCUT2D eigenvalue weighted by Crippen LogP contribution is 2.36. The number of aromatic hydroxyl groups is 1. The highest BCUT2D eigenvalue weighted by Gasteiger charge is 2.24. The van der Waals surface area contributed by atoms with Gasteiger partial charge in [-0.1, -0.05) is 12.1 Å². The van der Waals surface area contributed by atoms with E-state index in [0.29, 0.717) is 24.4 Å². The SMILES string of the molecule is CCN(CC)C(=O)c1ccc(C2NCCc3cc(OC)c(O)cc32)cc1. The van der Waals surface area contributed by atoms with Crippen LogP contribution >= 0.6 is 0 Å². The van der Waals surface area contributed by atoms with E-state index in [1.54, 1.807) is 13.2 Å². The van der Waals surface area contributed by atoms with Gasteiger partial charge in [0, 0.05) is 25.2 Å². The number of hydrogen-bond acceptors (Lipinski definition) is 4. The molecule has 0 aliphatic carbocycles. The second kappa shape index (κ2) is 7.79. The minimum Gasteiger partial charge on any atom is -0.504 e. The van der Waals surface area contributed by atoms with E-state index < -0.39 is 0 Å². The number of benzene rings is 2. The number of phenolic OH excluding ortho intramolecular Hbond substituents is 1. The number of fused-ring (bicyclic) bond motifs is 1. The van der Waals surface area contributed by atoms with Crippen LogP contribution in [0.3, 0.4) is 0 Å². The summed E-state index contributed by atoms with van der Waals surface area (Å²) in [6.07, 6.45) is 0.890. The normalized spacial score (nSPS) is 16.0. The lowest BCUT2D eigenvalue weighted by Gasteiger charge is -2.28. The average Bonchev–Trinajstić information content (AvgIpc) is 2.68. The van der Waals surface area contributed by atoms with Gasteiger partial charge >= 0.3 is 0 Å². The van der Waals surface area contributed by atoms with Crippen LogP contribution in [-0.4, -0.2) is 42.7 Å². The first-order chi connectivity index (χ1) is 12.6. The van der Waals surface area contributed by atoms with Crippen LogP contribution in [0.2, 0.25) is 0 Å². The minimum atomic E-state index is -0.00633. The smallest absolute Gasteiger partial charge is 0.253 e. The number of hydrogen-bond donors (Lipinski definition) is 2. The van der Waals surface area contributed by atoms with Crippen molar-refractivity contribution < 1.29 is 14.6 Å². The molecule has 0 fully saturated rings. The second-order valence-corrected chi connectivity index (χ2v) is 6.46. The summed E-state index contributed by atoms with van der Waals surface area (Å²) in [4.78, 5) is 14.3. The molecular weight excluding hydrogens is 328 g/mol. The topological polar surface area (TPSA) is 61.8 Å². The Morgan fingerprint density at radius 3 is 2.54 bits per heavy atom.